The smallest absolute Gasteiger partial charge is 0.387 e. The Balaban J connectivity index is 1.96. The number of hydrogen-bond donors (Lipinski definition) is 0. The van der Waals surface area contributed by atoms with E-state index in [1.165, 1.54) is 32.6 Å². The summed E-state index contributed by atoms with van der Waals surface area (Å²) in [6.07, 6.45) is 1.43. The number of nitrogens with zero attached hydrogens (tertiary/aromatic N) is 1. The number of alkyl halides is 2. The highest BCUT2D eigenvalue weighted by molar-refractivity contribution is 6.32. The largest absolute Gasteiger partial charge is 0.495 e. The van der Waals surface area contributed by atoms with Gasteiger partial charge in [0.1, 0.15) is 12.4 Å². The highest BCUT2D eigenvalue weighted by atomic mass is 35.5. The van der Waals surface area contributed by atoms with Gasteiger partial charge < -0.3 is 19.0 Å². The molecule has 0 fully saturated rings. The average molecular weight is 372 g/mol. The van der Waals surface area contributed by atoms with Gasteiger partial charge in [0.05, 0.1) is 25.5 Å². The molecular formula is C17H16ClF2NO4. The molecule has 0 atom stereocenters. The first-order valence-electron chi connectivity index (χ1n) is 7.14. The second-order valence-electron chi connectivity index (χ2n) is 4.77. The maximum Gasteiger partial charge on any atom is 0.387 e. The molecule has 0 unspecified atom stereocenters. The van der Waals surface area contributed by atoms with E-state index in [-0.39, 0.29) is 18.1 Å². The first-order chi connectivity index (χ1) is 12.0. The zero-order valence-corrected chi connectivity index (χ0v) is 14.3. The molecule has 0 amide bonds. The Labute approximate surface area is 148 Å². The van der Waals surface area contributed by atoms with E-state index in [4.69, 9.17) is 25.9 Å². The van der Waals surface area contributed by atoms with E-state index < -0.39 is 6.61 Å². The van der Waals surface area contributed by atoms with Gasteiger partial charge in [0.25, 0.3) is 0 Å². The van der Waals surface area contributed by atoms with Gasteiger partial charge in [-0.25, -0.2) is 0 Å². The Morgan fingerprint density at radius 1 is 1.04 bits per heavy atom. The molecule has 0 heterocycles. The molecule has 0 saturated heterocycles. The monoisotopic (exact) mass is 371 g/mol. The predicted octanol–water partition coefficient (Wildman–Crippen LogP) is 4.51. The second-order valence-corrected chi connectivity index (χ2v) is 5.17. The van der Waals surface area contributed by atoms with Gasteiger partial charge in [-0.2, -0.15) is 8.78 Å². The Bertz CT molecular complexity index is 741. The molecule has 5 nitrogen and oxygen atoms in total. The topological polar surface area (TPSA) is 49.3 Å². The van der Waals surface area contributed by atoms with Crippen molar-refractivity contribution in [1.82, 2.24) is 0 Å². The van der Waals surface area contributed by atoms with Gasteiger partial charge in [0.2, 0.25) is 0 Å². The zero-order chi connectivity index (χ0) is 18.2. The number of methoxy groups -OCH3 is 2. The van der Waals surface area contributed by atoms with Crippen molar-refractivity contribution in [1.29, 1.82) is 0 Å². The predicted molar refractivity (Wildman–Crippen MR) is 90.0 cm³/mol. The Hall–Kier alpha value is -2.54. The van der Waals surface area contributed by atoms with Gasteiger partial charge in [0, 0.05) is 5.56 Å². The van der Waals surface area contributed by atoms with Crippen LogP contribution in [0.3, 0.4) is 0 Å². The van der Waals surface area contributed by atoms with Crippen molar-refractivity contribution < 1.29 is 27.8 Å². The van der Waals surface area contributed by atoms with Crippen molar-refractivity contribution in [2.45, 2.75) is 13.2 Å². The van der Waals surface area contributed by atoms with E-state index in [0.717, 1.165) is 5.56 Å². The van der Waals surface area contributed by atoms with Gasteiger partial charge in [0.15, 0.2) is 11.5 Å². The molecule has 134 valence electrons. The van der Waals surface area contributed by atoms with E-state index in [1.807, 2.05) is 0 Å². The third-order valence-corrected chi connectivity index (χ3v) is 3.42. The summed E-state index contributed by atoms with van der Waals surface area (Å²) in [6.45, 7) is -2.71. The van der Waals surface area contributed by atoms with Crippen molar-refractivity contribution in [3.8, 4) is 17.2 Å². The van der Waals surface area contributed by atoms with E-state index >= 15 is 0 Å². The molecule has 0 bridgehead atoms. The van der Waals surface area contributed by atoms with Crippen LogP contribution in [0.5, 0.6) is 17.2 Å². The maximum atomic E-state index is 12.3. The maximum absolute atomic E-state index is 12.3. The molecule has 0 aliphatic rings. The van der Waals surface area contributed by atoms with Crippen LogP contribution in [-0.4, -0.2) is 27.0 Å². The molecule has 8 heteroatoms. The molecule has 2 aromatic rings. The van der Waals surface area contributed by atoms with Gasteiger partial charge in [-0.1, -0.05) is 22.8 Å². The van der Waals surface area contributed by atoms with Gasteiger partial charge in [-0.3, -0.25) is 0 Å². The number of hydrogen-bond acceptors (Lipinski definition) is 5. The lowest BCUT2D eigenvalue weighted by Crippen LogP contribution is -2.03. The molecule has 25 heavy (non-hydrogen) atoms. The molecule has 2 rings (SSSR count). The summed E-state index contributed by atoms with van der Waals surface area (Å²) in [5.74, 6) is 0.696. The first kappa shape index (κ1) is 18.8. The number of ether oxygens (including phenoxy) is 3. The molecule has 2 aromatic carbocycles. The lowest BCUT2D eigenvalue weighted by Gasteiger charge is -2.09. The molecule has 0 saturated carbocycles. The molecule has 0 spiro atoms. The summed E-state index contributed by atoms with van der Waals surface area (Å²) >= 11 is 6.02. The molecule has 0 radical (unpaired) electrons. The van der Waals surface area contributed by atoms with Crippen LogP contribution in [0.2, 0.25) is 5.02 Å². The summed E-state index contributed by atoms with van der Waals surface area (Å²) in [7, 11) is 2.89. The van der Waals surface area contributed by atoms with E-state index in [0.29, 0.717) is 16.3 Å². The summed E-state index contributed by atoms with van der Waals surface area (Å²) in [6, 6.07) is 9.69. The summed E-state index contributed by atoms with van der Waals surface area (Å²) in [5, 5.41) is 4.31. The van der Waals surface area contributed by atoms with Crippen LogP contribution in [0.15, 0.2) is 41.6 Å². The van der Waals surface area contributed by atoms with Crippen molar-refractivity contribution in [3.63, 3.8) is 0 Å². The SMILES string of the molecule is COc1ccc(CON=Cc2ccc(OC(F)F)c(OC)c2)cc1Cl. The standard InChI is InChI=1S/C17H16ClF2NO4/c1-22-14-5-4-12(7-13(14)18)10-24-21-9-11-3-6-15(25-17(19)20)16(8-11)23-2/h3-9,17H,10H2,1-2H3. The van der Waals surface area contributed by atoms with E-state index in [9.17, 15) is 8.78 Å². The Morgan fingerprint density at radius 3 is 2.40 bits per heavy atom. The van der Waals surface area contributed by atoms with Crippen LogP contribution in [0.4, 0.5) is 8.78 Å². The molecule has 0 aliphatic carbocycles. The molecule has 0 N–H and O–H groups in total. The highest BCUT2D eigenvalue weighted by Gasteiger charge is 2.10. The minimum Gasteiger partial charge on any atom is -0.495 e. The molecule has 0 aromatic heterocycles. The summed E-state index contributed by atoms with van der Waals surface area (Å²) < 4.78 is 39.0. The Morgan fingerprint density at radius 2 is 1.76 bits per heavy atom. The fourth-order valence-electron chi connectivity index (χ4n) is 1.97. The van der Waals surface area contributed by atoms with Crippen molar-refractivity contribution >= 4 is 17.8 Å². The first-order valence-corrected chi connectivity index (χ1v) is 7.52. The highest BCUT2D eigenvalue weighted by Crippen LogP contribution is 2.29. The van der Waals surface area contributed by atoms with Crippen LogP contribution >= 0.6 is 11.6 Å². The number of rotatable bonds is 8. The third kappa shape index (κ3) is 5.49. The molecular weight excluding hydrogens is 356 g/mol. The third-order valence-electron chi connectivity index (χ3n) is 3.13. The minimum absolute atomic E-state index is 0.0524. The van der Waals surface area contributed by atoms with Crippen LogP contribution < -0.4 is 14.2 Å². The molecule has 0 aliphatic heterocycles. The van der Waals surface area contributed by atoms with Gasteiger partial charge >= 0.3 is 6.61 Å². The normalized spacial score (nSPS) is 11.0. The lowest BCUT2D eigenvalue weighted by molar-refractivity contribution is -0.0512. The number of halogens is 3. The number of oxime groups is 1. The lowest BCUT2D eigenvalue weighted by atomic mass is 10.2. The van der Waals surface area contributed by atoms with E-state index in [2.05, 4.69) is 9.89 Å². The quantitative estimate of drug-likeness (QED) is 0.506. The van der Waals surface area contributed by atoms with Crippen LogP contribution in [-0.2, 0) is 11.4 Å². The summed E-state index contributed by atoms with van der Waals surface area (Å²) in [5.41, 5.74) is 1.42. The minimum atomic E-state index is -2.92. The fraction of sp³-hybridized carbons (Fsp3) is 0.235. The van der Waals surface area contributed by atoms with Crippen LogP contribution in [0.25, 0.3) is 0 Å². The number of benzene rings is 2. The average Bonchev–Trinajstić information content (AvgIpc) is 2.59. The van der Waals surface area contributed by atoms with Gasteiger partial charge in [-0.15, -0.1) is 0 Å². The second kappa shape index (κ2) is 9.08. The fourth-order valence-corrected chi connectivity index (χ4v) is 2.25. The van der Waals surface area contributed by atoms with Gasteiger partial charge in [-0.05, 0) is 35.9 Å². The van der Waals surface area contributed by atoms with Crippen LogP contribution in [0, 0.1) is 0 Å². The zero-order valence-electron chi connectivity index (χ0n) is 13.5. The van der Waals surface area contributed by atoms with E-state index in [1.54, 1.807) is 24.3 Å². The van der Waals surface area contributed by atoms with Crippen LogP contribution in [0.1, 0.15) is 11.1 Å². The van der Waals surface area contributed by atoms with Crippen molar-refractivity contribution in [2.24, 2.45) is 5.16 Å². The van der Waals surface area contributed by atoms with Crippen molar-refractivity contribution in [2.75, 3.05) is 14.2 Å². The van der Waals surface area contributed by atoms with Crippen molar-refractivity contribution in [3.05, 3.63) is 52.5 Å². The summed E-state index contributed by atoms with van der Waals surface area (Å²) in [4.78, 5) is 5.20. The Kier molecular flexibility index (Phi) is 6.82.